The lowest BCUT2D eigenvalue weighted by atomic mass is 10.2. The van der Waals surface area contributed by atoms with Gasteiger partial charge in [0.05, 0.1) is 0 Å². The molecule has 2 nitrogen and oxygen atoms in total. The maximum atomic E-state index is 10.7. The van der Waals surface area contributed by atoms with Gasteiger partial charge in [0.2, 0.25) is 0 Å². The largest absolute Gasteiger partial charge is 0.542 e. The molecular weight excluding hydrogens is 192 g/mol. The van der Waals surface area contributed by atoms with Crippen molar-refractivity contribution in [2.75, 3.05) is 0 Å². The van der Waals surface area contributed by atoms with Crippen LogP contribution in [-0.2, 0) is 9.22 Å². The molecule has 0 spiro atoms. The van der Waals surface area contributed by atoms with Gasteiger partial charge in [-0.15, -0.1) is 0 Å². The molecule has 0 aliphatic carbocycles. The number of hydrogen-bond donors (Lipinski definition) is 0. The molecule has 0 aliphatic rings. The standard InChI is InChI=1S/C11H22O2Si/c1-7-8-10(9-12)13-14(5,6)11(2,3)4/h8-9H,7H2,1-6H3. The molecule has 0 N–H and O–H groups in total. The first-order chi connectivity index (χ1) is 6.24. The van der Waals surface area contributed by atoms with Crippen LogP contribution in [0.15, 0.2) is 11.8 Å². The van der Waals surface area contributed by atoms with Crippen LogP contribution < -0.4 is 0 Å². The third kappa shape index (κ3) is 3.66. The highest BCUT2D eigenvalue weighted by Gasteiger charge is 2.39. The van der Waals surface area contributed by atoms with E-state index in [0.717, 1.165) is 12.7 Å². The molecule has 0 saturated carbocycles. The smallest absolute Gasteiger partial charge is 0.250 e. The van der Waals surface area contributed by atoms with Gasteiger partial charge in [0.25, 0.3) is 8.32 Å². The molecule has 0 atom stereocenters. The summed E-state index contributed by atoms with van der Waals surface area (Å²) in [6.45, 7) is 12.8. The van der Waals surface area contributed by atoms with Crippen LogP contribution in [-0.4, -0.2) is 14.6 Å². The average Bonchev–Trinajstić information content (AvgIpc) is 2.01. The first-order valence-corrected chi connectivity index (χ1v) is 7.99. The van der Waals surface area contributed by atoms with Crippen molar-refractivity contribution in [1.29, 1.82) is 0 Å². The van der Waals surface area contributed by atoms with Crippen molar-refractivity contribution in [2.24, 2.45) is 0 Å². The Labute approximate surface area is 88.5 Å². The lowest BCUT2D eigenvalue weighted by Crippen LogP contribution is -2.40. The summed E-state index contributed by atoms with van der Waals surface area (Å²) >= 11 is 0. The predicted octanol–water partition coefficient (Wildman–Crippen LogP) is 3.50. The molecule has 0 radical (unpaired) electrons. The minimum Gasteiger partial charge on any atom is -0.542 e. The normalized spacial score (nSPS) is 14.0. The van der Waals surface area contributed by atoms with Crippen LogP contribution in [0.4, 0.5) is 0 Å². The lowest BCUT2D eigenvalue weighted by Gasteiger charge is -2.36. The quantitative estimate of drug-likeness (QED) is 0.310. The van der Waals surface area contributed by atoms with Gasteiger partial charge in [0, 0.05) is 0 Å². The Balaban J connectivity index is 4.65. The zero-order valence-corrected chi connectivity index (χ0v) is 11.2. The number of allylic oxidation sites excluding steroid dienone is 2. The fourth-order valence-corrected chi connectivity index (χ4v) is 1.79. The number of rotatable bonds is 4. The Morgan fingerprint density at radius 3 is 2.14 bits per heavy atom. The zero-order valence-electron chi connectivity index (χ0n) is 10.2. The van der Waals surface area contributed by atoms with E-state index in [0.29, 0.717) is 5.76 Å². The third-order valence-corrected chi connectivity index (χ3v) is 7.06. The molecule has 0 fully saturated rings. The monoisotopic (exact) mass is 214 g/mol. The van der Waals surface area contributed by atoms with E-state index in [-0.39, 0.29) is 5.04 Å². The number of hydrogen-bond acceptors (Lipinski definition) is 2. The highest BCUT2D eigenvalue weighted by molar-refractivity contribution is 6.74. The molecule has 0 aromatic heterocycles. The summed E-state index contributed by atoms with van der Waals surface area (Å²) in [6.07, 6.45) is 3.49. The predicted molar refractivity (Wildman–Crippen MR) is 62.7 cm³/mol. The second-order valence-corrected chi connectivity index (χ2v) is 9.72. The van der Waals surface area contributed by atoms with Crippen LogP contribution in [0.25, 0.3) is 0 Å². The fraction of sp³-hybridized carbons (Fsp3) is 0.727. The summed E-state index contributed by atoms with van der Waals surface area (Å²) in [5, 5.41) is 0.142. The highest BCUT2D eigenvalue weighted by atomic mass is 28.4. The van der Waals surface area contributed by atoms with Crippen molar-refractivity contribution in [2.45, 2.75) is 52.2 Å². The molecule has 0 unspecified atom stereocenters. The van der Waals surface area contributed by atoms with Crippen LogP contribution in [0.2, 0.25) is 18.1 Å². The van der Waals surface area contributed by atoms with E-state index in [2.05, 4.69) is 33.9 Å². The molecule has 0 heterocycles. The Hall–Kier alpha value is -0.573. The molecule has 0 saturated heterocycles. The maximum absolute atomic E-state index is 10.7. The molecular formula is C11H22O2Si. The molecule has 0 rings (SSSR count). The van der Waals surface area contributed by atoms with E-state index < -0.39 is 8.32 Å². The summed E-state index contributed by atoms with van der Waals surface area (Å²) in [7, 11) is -1.83. The van der Waals surface area contributed by atoms with Crippen molar-refractivity contribution in [3.8, 4) is 0 Å². The van der Waals surface area contributed by atoms with Crippen LogP contribution in [0.3, 0.4) is 0 Å². The van der Waals surface area contributed by atoms with Crippen LogP contribution in [0.1, 0.15) is 34.1 Å². The van der Waals surface area contributed by atoms with Crippen molar-refractivity contribution in [3.63, 3.8) is 0 Å². The zero-order chi connectivity index (χ0) is 11.4. The summed E-state index contributed by atoms with van der Waals surface area (Å²) < 4.78 is 5.82. The minimum atomic E-state index is -1.83. The van der Waals surface area contributed by atoms with Gasteiger partial charge >= 0.3 is 0 Å². The van der Waals surface area contributed by atoms with Gasteiger partial charge in [-0.3, -0.25) is 4.79 Å². The van der Waals surface area contributed by atoms with Gasteiger partial charge in [-0.2, -0.15) is 0 Å². The average molecular weight is 214 g/mol. The van der Waals surface area contributed by atoms with E-state index >= 15 is 0 Å². The third-order valence-electron chi connectivity index (χ3n) is 2.70. The summed E-state index contributed by atoms with van der Waals surface area (Å²) in [6, 6.07) is 0. The topological polar surface area (TPSA) is 26.3 Å². The molecule has 0 amide bonds. The summed E-state index contributed by atoms with van der Waals surface area (Å²) in [5.74, 6) is 0.499. The molecule has 0 bridgehead atoms. The Kier molecular flexibility index (Phi) is 4.58. The fourth-order valence-electron chi connectivity index (χ4n) is 0.763. The number of carbonyl (C=O) groups is 1. The molecule has 0 aliphatic heterocycles. The van der Waals surface area contributed by atoms with E-state index in [1.54, 1.807) is 0 Å². The van der Waals surface area contributed by atoms with Crippen molar-refractivity contribution >= 4 is 14.6 Å². The minimum absolute atomic E-state index is 0.142. The van der Waals surface area contributed by atoms with Gasteiger partial charge in [-0.05, 0) is 30.6 Å². The van der Waals surface area contributed by atoms with Gasteiger partial charge in [0.15, 0.2) is 6.29 Å². The highest BCUT2D eigenvalue weighted by Crippen LogP contribution is 2.37. The van der Waals surface area contributed by atoms with Crippen molar-refractivity contribution < 1.29 is 9.22 Å². The molecule has 82 valence electrons. The molecule has 0 aromatic rings. The first kappa shape index (κ1) is 13.4. The van der Waals surface area contributed by atoms with Crippen LogP contribution in [0, 0.1) is 0 Å². The van der Waals surface area contributed by atoms with Gasteiger partial charge < -0.3 is 4.43 Å². The summed E-state index contributed by atoms with van der Waals surface area (Å²) in [4.78, 5) is 10.7. The molecule has 14 heavy (non-hydrogen) atoms. The van der Waals surface area contributed by atoms with Crippen LogP contribution in [0.5, 0.6) is 0 Å². The van der Waals surface area contributed by atoms with E-state index in [1.165, 1.54) is 0 Å². The summed E-state index contributed by atoms with van der Waals surface area (Å²) in [5.41, 5.74) is 0. The van der Waals surface area contributed by atoms with Crippen LogP contribution >= 0.6 is 0 Å². The molecule has 0 aromatic carbocycles. The van der Waals surface area contributed by atoms with Crippen molar-refractivity contribution in [1.82, 2.24) is 0 Å². The number of carbonyl (C=O) groups excluding carboxylic acids is 1. The van der Waals surface area contributed by atoms with E-state index in [4.69, 9.17) is 4.43 Å². The second-order valence-electron chi connectivity index (χ2n) is 4.99. The SMILES string of the molecule is CCC=C(C=O)O[Si](C)(C)C(C)(C)C. The van der Waals surface area contributed by atoms with Gasteiger partial charge in [0.1, 0.15) is 5.76 Å². The Bertz CT molecular complexity index is 224. The van der Waals surface area contributed by atoms with Crippen molar-refractivity contribution in [3.05, 3.63) is 11.8 Å². The Morgan fingerprint density at radius 2 is 1.86 bits per heavy atom. The Morgan fingerprint density at radius 1 is 1.36 bits per heavy atom. The van der Waals surface area contributed by atoms with E-state index in [1.807, 2.05) is 13.0 Å². The molecule has 3 heteroatoms. The lowest BCUT2D eigenvalue weighted by molar-refractivity contribution is -0.106. The number of aldehydes is 1. The maximum Gasteiger partial charge on any atom is 0.250 e. The van der Waals surface area contributed by atoms with Gasteiger partial charge in [-0.1, -0.05) is 27.7 Å². The second kappa shape index (κ2) is 4.78. The van der Waals surface area contributed by atoms with E-state index in [9.17, 15) is 4.79 Å². The van der Waals surface area contributed by atoms with Gasteiger partial charge in [-0.25, -0.2) is 0 Å². The first-order valence-electron chi connectivity index (χ1n) is 5.09.